The average Bonchev–Trinajstić information content (AvgIpc) is 3.30. The zero-order valence-corrected chi connectivity index (χ0v) is 17.6. The molecular weight excluding hydrogens is 370 g/mol. The maximum atomic E-state index is 13.1. The summed E-state index contributed by atoms with van der Waals surface area (Å²) in [5.74, 6) is 1.67. The first-order chi connectivity index (χ1) is 13.9. The number of nitrogens with zero attached hydrogens (tertiary/aromatic N) is 2. The van der Waals surface area contributed by atoms with Gasteiger partial charge in [-0.3, -0.25) is 9.59 Å². The van der Waals surface area contributed by atoms with E-state index in [1.807, 2.05) is 44.7 Å². The van der Waals surface area contributed by atoms with Gasteiger partial charge in [-0.05, 0) is 26.0 Å². The maximum absolute atomic E-state index is 13.1. The smallest absolute Gasteiger partial charge is 0.270 e. The third-order valence-electron chi connectivity index (χ3n) is 5.64. The van der Waals surface area contributed by atoms with E-state index >= 15 is 0 Å². The molecule has 0 radical (unpaired) electrons. The lowest BCUT2D eigenvalue weighted by molar-refractivity contribution is -0.135. The monoisotopic (exact) mass is 399 g/mol. The molecule has 1 saturated heterocycles. The van der Waals surface area contributed by atoms with Gasteiger partial charge in [-0.1, -0.05) is 13.8 Å². The molecule has 7 nitrogen and oxygen atoms in total. The summed E-state index contributed by atoms with van der Waals surface area (Å²) in [6.07, 6.45) is 0.943. The van der Waals surface area contributed by atoms with Gasteiger partial charge >= 0.3 is 0 Å². The number of ether oxygens (including phenoxy) is 2. The largest absolute Gasteiger partial charge is 0.493 e. The van der Waals surface area contributed by atoms with Crippen molar-refractivity contribution < 1.29 is 19.1 Å². The summed E-state index contributed by atoms with van der Waals surface area (Å²) in [6.45, 7) is 10.6. The molecule has 2 aliphatic heterocycles. The van der Waals surface area contributed by atoms with Crippen LogP contribution in [-0.2, 0) is 11.2 Å². The Morgan fingerprint density at radius 2 is 1.90 bits per heavy atom. The fourth-order valence-corrected chi connectivity index (χ4v) is 4.18. The number of carbonyl (C=O) groups is 2. The van der Waals surface area contributed by atoms with E-state index in [4.69, 9.17) is 9.47 Å². The Morgan fingerprint density at radius 1 is 1.21 bits per heavy atom. The Hall–Kier alpha value is -2.70. The van der Waals surface area contributed by atoms with Crippen LogP contribution in [0.3, 0.4) is 0 Å². The summed E-state index contributed by atoms with van der Waals surface area (Å²) in [6, 6.07) is 3.89. The molecule has 29 heavy (non-hydrogen) atoms. The number of fused-ring (bicyclic) bond motifs is 3. The molecule has 7 heteroatoms. The van der Waals surface area contributed by atoms with Crippen LogP contribution in [0.25, 0.3) is 10.9 Å². The fourth-order valence-electron chi connectivity index (χ4n) is 4.18. The Bertz CT molecular complexity index is 941. The van der Waals surface area contributed by atoms with Crippen molar-refractivity contribution in [1.29, 1.82) is 0 Å². The predicted molar refractivity (Wildman–Crippen MR) is 111 cm³/mol. The minimum absolute atomic E-state index is 0.0209. The molecule has 0 bridgehead atoms. The van der Waals surface area contributed by atoms with Gasteiger partial charge in [0.1, 0.15) is 23.3 Å². The lowest BCUT2D eigenvalue weighted by Gasteiger charge is -2.35. The lowest BCUT2D eigenvalue weighted by atomic mass is 10.1. The lowest BCUT2D eigenvalue weighted by Crippen LogP contribution is -2.51. The minimum atomic E-state index is -0.0555. The molecule has 1 aromatic heterocycles. The molecule has 4 rings (SSSR count). The van der Waals surface area contributed by atoms with Gasteiger partial charge in [0.2, 0.25) is 5.91 Å². The summed E-state index contributed by atoms with van der Waals surface area (Å²) < 4.78 is 11.8. The summed E-state index contributed by atoms with van der Waals surface area (Å²) in [5, 5.41) is 0.872. The summed E-state index contributed by atoms with van der Waals surface area (Å²) in [5.41, 5.74) is 2.46. The number of nitrogens with one attached hydrogen (secondary N) is 1. The van der Waals surface area contributed by atoms with E-state index in [0.29, 0.717) is 38.5 Å². The molecule has 2 amide bonds. The van der Waals surface area contributed by atoms with E-state index in [9.17, 15) is 9.59 Å². The van der Waals surface area contributed by atoms with Crippen molar-refractivity contribution in [2.45, 2.75) is 40.2 Å². The van der Waals surface area contributed by atoms with E-state index in [-0.39, 0.29) is 23.8 Å². The zero-order chi connectivity index (χ0) is 20.7. The molecule has 1 atom stereocenters. The van der Waals surface area contributed by atoms with Crippen molar-refractivity contribution in [3.05, 3.63) is 23.4 Å². The summed E-state index contributed by atoms with van der Waals surface area (Å²) in [7, 11) is 0. The zero-order valence-electron chi connectivity index (χ0n) is 17.6. The number of aromatic amines is 1. The number of H-pyrrole nitrogens is 1. The van der Waals surface area contributed by atoms with Crippen molar-refractivity contribution in [3.63, 3.8) is 0 Å². The van der Waals surface area contributed by atoms with E-state index in [1.54, 1.807) is 4.90 Å². The number of piperazine rings is 1. The maximum Gasteiger partial charge on any atom is 0.270 e. The van der Waals surface area contributed by atoms with Crippen LogP contribution in [0.1, 0.15) is 43.7 Å². The van der Waals surface area contributed by atoms with Gasteiger partial charge < -0.3 is 24.3 Å². The number of carbonyl (C=O) groups excluding carboxylic acids is 2. The van der Waals surface area contributed by atoms with Gasteiger partial charge in [0.25, 0.3) is 5.91 Å². The number of benzene rings is 1. The highest BCUT2D eigenvalue weighted by atomic mass is 16.5. The molecule has 156 valence electrons. The number of rotatable bonds is 4. The number of hydrogen-bond donors (Lipinski definition) is 1. The molecule has 2 aromatic rings. The van der Waals surface area contributed by atoms with Crippen LogP contribution < -0.4 is 9.47 Å². The van der Waals surface area contributed by atoms with E-state index in [0.717, 1.165) is 34.4 Å². The van der Waals surface area contributed by atoms with Crippen LogP contribution in [-0.4, -0.2) is 65.5 Å². The van der Waals surface area contributed by atoms with Crippen LogP contribution in [0, 0.1) is 5.92 Å². The molecular formula is C22H29N3O4. The third kappa shape index (κ3) is 3.54. The number of amides is 2. The SMILES string of the molecule is CCOc1cc2c(c3[nH]c(C(=O)N4CCN(C(=O)C(C)C)CC4)cc13)O[C@@H](C)C2. The van der Waals surface area contributed by atoms with Crippen molar-refractivity contribution in [2.24, 2.45) is 5.92 Å². The van der Waals surface area contributed by atoms with E-state index in [2.05, 4.69) is 4.98 Å². The molecule has 0 unspecified atom stereocenters. The van der Waals surface area contributed by atoms with Crippen molar-refractivity contribution in [3.8, 4) is 11.5 Å². The molecule has 0 spiro atoms. The fraction of sp³-hybridized carbons (Fsp3) is 0.545. The van der Waals surface area contributed by atoms with E-state index < -0.39 is 0 Å². The average molecular weight is 399 g/mol. The normalized spacial score (nSPS) is 18.9. The number of aromatic nitrogens is 1. The van der Waals surface area contributed by atoms with Gasteiger partial charge in [-0.25, -0.2) is 0 Å². The molecule has 3 heterocycles. The first-order valence-corrected chi connectivity index (χ1v) is 10.4. The number of hydrogen-bond acceptors (Lipinski definition) is 4. The van der Waals surface area contributed by atoms with Crippen LogP contribution in [0.15, 0.2) is 12.1 Å². The van der Waals surface area contributed by atoms with Crippen molar-refractivity contribution in [1.82, 2.24) is 14.8 Å². The van der Waals surface area contributed by atoms with Crippen molar-refractivity contribution >= 4 is 22.7 Å². The van der Waals surface area contributed by atoms with Gasteiger partial charge in [-0.15, -0.1) is 0 Å². The molecule has 1 N–H and O–H groups in total. The topological polar surface area (TPSA) is 74.9 Å². The molecule has 1 aromatic carbocycles. The Balaban J connectivity index is 1.59. The highest BCUT2D eigenvalue weighted by Crippen LogP contribution is 2.41. The third-order valence-corrected chi connectivity index (χ3v) is 5.64. The second kappa shape index (κ2) is 7.61. The van der Waals surface area contributed by atoms with Gasteiger partial charge in [-0.2, -0.15) is 0 Å². The van der Waals surface area contributed by atoms with Crippen molar-refractivity contribution in [2.75, 3.05) is 32.8 Å². The Morgan fingerprint density at radius 3 is 2.55 bits per heavy atom. The highest BCUT2D eigenvalue weighted by molar-refractivity contribution is 6.02. The molecule has 1 fully saturated rings. The minimum Gasteiger partial charge on any atom is -0.493 e. The molecule has 0 saturated carbocycles. The van der Waals surface area contributed by atoms with E-state index in [1.165, 1.54) is 0 Å². The standard InChI is InChI=1S/C22H29N3O4/c1-5-28-18-11-15-10-14(4)29-20(15)19-16(18)12-17(23-19)22(27)25-8-6-24(7-9-25)21(26)13(2)3/h11-14,23H,5-10H2,1-4H3/t14-/m0/s1. The Kier molecular flexibility index (Phi) is 5.15. The first kappa shape index (κ1) is 19.6. The second-order valence-corrected chi connectivity index (χ2v) is 8.17. The van der Waals surface area contributed by atoms with Crippen LogP contribution >= 0.6 is 0 Å². The Labute approximate surface area is 170 Å². The molecule has 2 aliphatic rings. The predicted octanol–water partition coefficient (Wildman–Crippen LogP) is 2.83. The van der Waals surface area contributed by atoms with Gasteiger partial charge in [0, 0.05) is 49.5 Å². The summed E-state index contributed by atoms with van der Waals surface area (Å²) >= 11 is 0. The van der Waals surface area contributed by atoms with Crippen LogP contribution in [0.2, 0.25) is 0 Å². The van der Waals surface area contributed by atoms with Gasteiger partial charge in [0.15, 0.2) is 0 Å². The second-order valence-electron chi connectivity index (χ2n) is 8.17. The first-order valence-electron chi connectivity index (χ1n) is 10.4. The quantitative estimate of drug-likeness (QED) is 0.858. The molecule has 0 aliphatic carbocycles. The highest BCUT2D eigenvalue weighted by Gasteiger charge is 2.29. The van der Waals surface area contributed by atoms with Crippen LogP contribution in [0.4, 0.5) is 0 Å². The summed E-state index contributed by atoms with van der Waals surface area (Å²) in [4.78, 5) is 32.2. The van der Waals surface area contributed by atoms with Gasteiger partial charge in [0.05, 0.1) is 12.1 Å². The van der Waals surface area contributed by atoms with Crippen LogP contribution in [0.5, 0.6) is 11.5 Å².